The van der Waals surface area contributed by atoms with E-state index >= 15 is 0 Å². The Balaban J connectivity index is 1.18. The summed E-state index contributed by atoms with van der Waals surface area (Å²) in [5.41, 5.74) is 15.3. The van der Waals surface area contributed by atoms with E-state index in [2.05, 4.69) is 189 Å². The summed E-state index contributed by atoms with van der Waals surface area (Å²) < 4.78 is 6.35. The van der Waals surface area contributed by atoms with Crippen molar-refractivity contribution in [3.63, 3.8) is 0 Å². The monoisotopic (exact) mass is 653 g/mol. The fourth-order valence-corrected chi connectivity index (χ4v) is 8.49. The molecular formula is C49H35NO. The van der Waals surface area contributed by atoms with Gasteiger partial charge >= 0.3 is 0 Å². The Morgan fingerprint density at radius 1 is 0.431 bits per heavy atom. The average Bonchev–Trinajstić information content (AvgIpc) is 3.68. The minimum Gasteiger partial charge on any atom is -0.456 e. The molecule has 1 aliphatic carbocycles. The van der Waals surface area contributed by atoms with Crippen molar-refractivity contribution >= 4 is 49.8 Å². The lowest BCUT2D eigenvalue weighted by molar-refractivity contribution is 0.660. The summed E-state index contributed by atoms with van der Waals surface area (Å²) in [6, 6.07) is 63.6. The summed E-state index contributed by atoms with van der Waals surface area (Å²) in [7, 11) is 0. The van der Waals surface area contributed by atoms with Gasteiger partial charge in [0.25, 0.3) is 0 Å². The summed E-state index contributed by atoms with van der Waals surface area (Å²) in [5.74, 6) is 0. The number of fused-ring (bicyclic) bond motifs is 7. The van der Waals surface area contributed by atoms with Gasteiger partial charge in [-0.05, 0) is 80.7 Å². The number of para-hydroxylation sites is 2. The molecular weight excluding hydrogens is 619 g/mol. The largest absolute Gasteiger partial charge is 0.456 e. The van der Waals surface area contributed by atoms with Crippen LogP contribution in [0.25, 0.3) is 66.1 Å². The van der Waals surface area contributed by atoms with Gasteiger partial charge in [0.05, 0.1) is 11.4 Å². The topological polar surface area (TPSA) is 16.4 Å². The minimum atomic E-state index is -0.0417. The SMILES string of the molecule is CC1(C)c2ccccc2-c2c(-c3ccc(N(c4ccccc4-c4cccc5oc6ccccc6c45)c4cccc5ccccc45)cc3)cccc21. The molecule has 2 nitrogen and oxygen atoms in total. The van der Waals surface area contributed by atoms with E-state index in [9.17, 15) is 0 Å². The van der Waals surface area contributed by atoms with E-state index in [0.29, 0.717) is 0 Å². The van der Waals surface area contributed by atoms with Gasteiger partial charge in [0.1, 0.15) is 11.2 Å². The maximum absolute atomic E-state index is 6.35. The van der Waals surface area contributed by atoms with Crippen LogP contribution in [0.15, 0.2) is 180 Å². The maximum atomic E-state index is 6.35. The van der Waals surface area contributed by atoms with Crippen LogP contribution < -0.4 is 4.90 Å². The third-order valence-electron chi connectivity index (χ3n) is 10.9. The van der Waals surface area contributed by atoms with E-state index in [1.807, 2.05) is 6.07 Å². The number of rotatable bonds is 5. The molecule has 8 aromatic carbocycles. The highest BCUT2D eigenvalue weighted by atomic mass is 16.3. The summed E-state index contributed by atoms with van der Waals surface area (Å²) in [4.78, 5) is 2.43. The van der Waals surface area contributed by atoms with E-state index in [-0.39, 0.29) is 5.41 Å². The van der Waals surface area contributed by atoms with Crippen molar-refractivity contribution in [2.24, 2.45) is 0 Å². The van der Waals surface area contributed by atoms with E-state index in [0.717, 1.165) is 50.1 Å². The van der Waals surface area contributed by atoms with Crippen molar-refractivity contribution in [2.75, 3.05) is 4.90 Å². The zero-order chi connectivity index (χ0) is 34.1. The molecule has 0 N–H and O–H groups in total. The van der Waals surface area contributed by atoms with Crippen molar-refractivity contribution in [3.8, 4) is 33.4 Å². The van der Waals surface area contributed by atoms with Crippen LogP contribution in [-0.2, 0) is 5.41 Å². The van der Waals surface area contributed by atoms with Crippen LogP contribution in [0.1, 0.15) is 25.0 Å². The number of anilines is 3. The number of benzene rings is 8. The highest BCUT2D eigenvalue weighted by Crippen LogP contribution is 2.52. The Morgan fingerprint density at radius 2 is 1.02 bits per heavy atom. The van der Waals surface area contributed by atoms with Crippen molar-refractivity contribution in [2.45, 2.75) is 19.3 Å². The zero-order valence-electron chi connectivity index (χ0n) is 28.6. The van der Waals surface area contributed by atoms with Crippen LogP contribution >= 0.6 is 0 Å². The van der Waals surface area contributed by atoms with Crippen LogP contribution in [0, 0.1) is 0 Å². The van der Waals surface area contributed by atoms with E-state index in [4.69, 9.17) is 4.42 Å². The molecule has 0 unspecified atom stereocenters. The van der Waals surface area contributed by atoms with Crippen LogP contribution in [0.4, 0.5) is 17.1 Å². The number of furan rings is 1. The molecule has 1 heterocycles. The second-order valence-corrected chi connectivity index (χ2v) is 14.1. The van der Waals surface area contributed by atoms with Crippen molar-refractivity contribution in [1.82, 2.24) is 0 Å². The van der Waals surface area contributed by atoms with Crippen LogP contribution in [-0.4, -0.2) is 0 Å². The summed E-state index contributed by atoms with van der Waals surface area (Å²) in [6.45, 7) is 4.69. The minimum absolute atomic E-state index is 0.0417. The van der Waals surface area contributed by atoms with Gasteiger partial charge in [0.15, 0.2) is 0 Å². The zero-order valence-corrected chi connectivity index (χ0v) is 28.6. The Morgan fingerprint density at radius 3 is 1.90 bits per heavy atom. The highest BCUT2D eigenvalue weighted by Gasteiger charge is 2.36. The van der Waals surface area contributed by atoms with Crippen LogP contribution in [0.2, 0.25) is 0 Å². The maximum Gasteiger partial charge on any atom is 0.136 e. The van der Waals surface area contributed by atoms with Gasteiger partial charge in [-0.25, -0.2) is 0 Å². The van der Waals surface area contributed by atoms with Crippen molar-refractivity contribution in [3.05, 3.63) is 187 Å². The molecule has 0 aliphatic heterocycles. The molecule has 0 radical (unpaired) electrons. The molecule has 2 heteroatoms. The Bertz CT molecular complexity index is 2780. The number of hydrogen-bond donors (Lipinski definition) is 0. The molecule has 1 aliphatic rings. The Hall–Kier alpha value is -6.38. The molecule has 9 aromatic rings. The third kappa shape index (κ3) is 4.50. The highest BCUT2D eigenvalue weighted by molar-refractivity contribution is 6.14. The molecule has 0 bridgehead atoms. The summed E-state index contributed by atoms with van der Waals surface area (Å²) in [6.07, 6.45) is 0. The molecule has 0 atom stereocenters. The lowest BCUT2D eigenvalue weighted by Crippen LogP contribution is -2.14. The third-order valence-corrected chi connectivity index (χ3v) is 10.9. The second kappa shape index (κ2) is 11.3. The van der Waals surface area contributed by atoms with Gasteiger partial charge in [-0.1, -0.05) is 153 Å². The van der Waals surface area contributed by atoms with Crippen molar-refractivity contribution < 1.29 is 4.42 Å². The van der Waals surface area contributed by atoms with Gasteiger partial charge in [-0.15, -0.1) is 0 Å². The molecule has 0 saturated heterocycles. The normalized spacial score (nSPS) is 13.1. The van der Waals surface area contributed by atoms with E-state index < -0.39 is 0 Å². The predicted octanol–water partition coefficient (Wildman–Crippen LogP) is 13.8. The Labute approximate surface area is 297 Å². The summed E-state index contributed by atoms with van der Waals surface area (Å²) in [5, 5.41) is 4.66. The molecule has 0 amide bonds. The Kier molecular flexibility index (Phi) is 6.56. The van der Waals surface area contributed by atoms with Gasteiger partial charge < -0.3 is 9.32 Å². The van der Waals surface area contributed by atoms with Crippen molar-refractivity contribution in [1.29, 1.82) is 0 Å². The van der Waals surface area contributed by atoms with Crippen LogP contribution in [0.5, 0.6) is 0 Å². The fraction of sp³-hybridized carbons (Fsp3) is 0.0612. The summed E-state index contributed by atoms with van der Waals surface area (Å²) >= 11 is 0. The first-order chi connectivity index (χ1) is 25.1. The molecule has 0 fully saturated rings. The van der Waals surface area contributed by atoms with E-state index in [1.54, 1.807) is 0 Å². The standard InChI is InChI=1S/C49H35NO/c1-49(2)41-22-8-5-18-39(41)47-36(20-12-23-42(47)49)33-28-30-34(31-29-33)50(43-25-11-15-32-14-3-4-16-35(32)43)44-24-9-6-17-37(44)38-21-13-27-46-48(38)40-19-7-10-26-45(40)51-46/h3-31H,1-2H3. The predicted molar refractivity (Wildman–Crippen MR) is 214 cm³/mol. The molecule has 0 spiro atoms. The molecule has 10 rings (SSSR count). The first-order valence-electron chi connectivity index (χ1n) is 17.7. The first-order valence-corrected chi connectivity index (χ1v) is 17.7. The average molecular weight is 654 g/mol. The van der Waals surface area contributed by atoms with Gasteiger partial charge in [0.2, 0.25) is 0 Å². The quantitative estimate of drug-likeness (QED) is 0.184. The first kappa shape index (κ1) is 29.5. The lowest BCUT2D eigenvalue weighted by Gasteiger charge is -2.29. The van der Waals surface area contributed by atoms with Gasteiger partial charge in [-0.3, -0.25) is 0 Å². The number of nitrogens with zero attached hydrogens (tertiary/aromatic N) is 1. The molecule has 51 heavy (non-hydrogen) atoms. The second-order valence-electron chi connectivity index (χ2n) is 14.1. The smallest absolute Gasteiger partial charge is 0.136 e. The number of hydrogen-bond acceptors (Lipinski definition) is 2. The van der Waals surface area contributed by atoms with Crippen LogP contribution in [0.3, 0.4) is 0 Å². The fourth-order valence-electron chi connectivity index (χ4n) is 8.49. The lowest BCUT2D eigenvalue weighted by atomic mass is 9.82. The van der Waals surface area contributed by atoms with Gasteiger partial charge in [-0.2, -0.15) is 0 Å². The van der Waals surface area contributed by atoms with Gasteiger partial charge in [0, 0.05) is 32.8 Å². The van der Waals surface area contributed by atoms with E-state index in [1.165, 1.54) is 44.2 Å². The molecule has 0 saturated carbocycles. The molecule has 242 valence electrons. The molecule has 1 aromatic heterocycles.